The van der Waals surface area contributed by atoms with E-state index in [4.69, 9.17) is 0 Å². The Morgan fingerprint density at radius 3 is 2.20 bits per heavy atom. The number of nitrogens with zero attached hydrogens (tertiary/aromatic N) is 2. The van der Waals surface area contributed by atoms with Crippen molar-refractivity contribution in [2.24, 2.45) is 0 Å². The van der Waals surface area contributed by atoms with Crippen LogP contribution in [0.1, 0.15) is 27.0 Å². The average molecular weight is 472 g/mol. The highest BCUT2D eigenvalue weighted by Gasteiger charge is 2.19. The fraction of sp³-hybridized carbons (Fsp3) is 0.107. The van der Waals surface area contributed by atoms with Gasteiger partial charge in [-0.25, -0.2) is 8.78 Å². The Hall–Kier alpha value is -4.39. The zero-order chi connectivity index (χ0) is 24.6. The summed E-state index contributed by atoms with van der Waals surface area (Å²) in [7, 11) is 0. The van der Waals surface area contributed by atoms with Crippen LogP contribution >= 0.6 is 0 Å². The molecule has 3 aromatic carbocycles. The minimum absolute atomic E-state index is 0.0953. The summed E-state index contributed by atoms with van der Waals surface area (Å²) in [6.45, 7) is 0.479. The van der Waals surface area contributed by atoms with Crippen molar-refractivity contribution < 1.29 is 18.4 Å². The summed E-state index contributed by atoms with van der Waals surface area (Å²) >= 11 is 0. The molecule has 1 aromatic heterocycles. The molecule has 1 heterocycles. The van der Waals surface area contributed by atoms with Crippen molar-refractivity contribution >= 4 is 17.5 Å². The Labute approximate surface area is 202 Å². The molecule has 0 aliphatic heterocycles. The molecule has 0 bridgehead atoms. The highest BCUT2D eigenvalue weighted by atomic mass is 19.1. The fourth-order valence-corrected chi connectivity index (χ4v) is 3.62. The number of nitrogens with one attached hydrogen (secondary N) is 1. The molecule has 0 saturated heterocycles. The van der Waals surface area contributed by atoms with E-state index in [0.717, 1.165) is 11.1 Å². The molecule has 0 radical (unpaired) electrons. The van der Waals surface area contributed by atoms with Crippen LogP contribution in [0.2, 0.25) is 0 Å². The van der Waals surface area contributed by atoms with Gasteiger partial charge in [0.15, 0.2) is 0 Å². The zero-order valence-electron chi connectivity index (χ0n) is 18.8. The van der Waals surface area contributed by atoms with Crippen LogP contribution in [-0.2, 0) is 24.3 Å². The van der Waals surface area contributed by atoms with Crippen molar-refractivity contribution in [3.05, 3.63) is 131 Å². The summed E-state index contributed by atoms with van der Waals surface area (Å²) in [5, 5.41) is 2.85. The van der Waals surface area contributed by atoms with Gasteiger partial charge in [0, 0.05) is 30.2 Å². The summed E-state index contributed by atoms with van der Waals surface area (Å²) in [5.74, 6) is -1.49. The number of anilines is 1. The standard InChI is InChI=1S/C28H23F2N3O2/c29-24-7-1-4-21(14-24)19-33(28(35)23-6-2-8-25(30)16-23)26-11-9-20(10-12-26)15-27(34)32-18-22-5-3-13-31-17-22/h1-14,16-17H,15,18-19H2,(H,32,34). The van der Waals surface area contributed by atoms with Gasteiger partial charge in [0.1, 0.15) is 11.6 Å². The minimum atomic E-state index is -0.519. The van der Waals surface area contributed by atoms with Crippen LogP contribution in [0.5, 0.6) is 0 Å². The molecule has 1 N–H and O–H groups in total. The van der Waals surface area contributed by atoms with Crippen molar-refractivity contribution in [2.75, 3.05) is 4.90 Å². The number of hydrogen-bond acceptors (Lipinski definition) is 3. The normalized spacial score (nSPS) is 10.6. The van der Waals surface area contributed by atoms with Gasteiger partial charge >= 0.3 is 0 Å². The van der Waals surface area contributed by atoms with E-state index in [0.29, 0.717) is 17.8 Å². The number of hydrogen-bond donors (Lipinski definition) is 1. The summed E-state index contributed by atoms with van der Waals surface area (Å²) in [5.41, 5.74) is 2.98. The predicted octanol–water partition coefficient (Wildman–Crippen LogP) is 5.07. The first-order valence-electron chi connectivity index (χ1n) is 11.0. The van der Waals surface area contributed by atoms with Gasteiger partial charge in [0.25, 0.3) is 5.91 Å². The van der Waals surface area contributed by atoms with Crippen LogP contribution in [0.3, 0.4) is 0 Å². The molecular weight excluding hydrogens is 448 g/mol. The average Bonchev–Trinajstić information content (AvgIpc) is 2.87. The molecule has 0 atom stereocenters. The molecule has 0 spiro atoms. The monoisotopic (exact) mass is 471 g/mol. The van der Waals surface area contributed by atoms with Crippen molar-refractivity contribution in [3.63, 3.8) is 0 Å². The Morgan fingerprint density at radius 2 is 1.51 bits per heavy atom. The lowest BCUT2D eigenvalue weighted by Gasteiger charge is -2.23. The second kappa shape index (κ2) is 11.2. The Balaban J connectivity index is 1.50. The third kappa shape index (κ3) is 6.57. The van der Waals surface area contributed by atoms with Gasteiger partial charge in [0.05, 0.1) is 13.0 Å². The van der Waals surface area contributed by atoms with Gasteiger partial charge in [0.2, 0.25) is 5.91 Å². The van der Waals surface area contributed by atoms with Crippen molar-refractivity contribution in [3.8, 4) is 0 Å². The van der Waals surface area contributed by atoms with E-state index < -0.39 is 17.5 Å². The highest BCUT2D eigenvalue weighted by Crippen LogP contribution is 2.22. The second-order valence-electron chi connectivity index (χ2n) is 8.01. The minimum Gasteiger partial charge on any atom is -0.352 e. The second-order valence-corrected chi connectivity index (χ2v) is 8.01. The number of carbonyl (C=O) groups excluding carboxylic acids is 2. The van der Waals surface area contributed by atoms with Gasteiger partial charge in [-0.2, -0.15) is 0 Å². The maximum absolute atomic E-state index is 13.8. The van der Waals surface area contributed by atoms with Crippen molar-refractivity contribution in [1.82, 2.24) is 10.3 Å². The molecule has 2 amide bonds. The van der Waals surface area contributed by atoms with E-state index in [2.05, 4.69) is 10.3 Å². The maximum Gasteiger partial charge on any atom is 0.258 e. The first-order valence-corrected chi connectivity index (χ1v) is 11.0. The first-order chi connectivity index (χ1) is 17.0. The molecule has 0 saturated carbocycles. The van der Waals surface area contributed by atoms with Gasteiger partial charge in [-0.05, 0) is 65.2 Å². The zero-order valence-corrected chi connectivity index (χ0v) is 18.8. The van der Waals surface area contributed by atoms with Gasteiger partial charge in [-0.15, -0.1) is 0 Å². The number of pyridine rings is 1. The van der Waals surface area contributed by atoms with Gasteiger partial charge < -0.3 is 10.2 Å². The largest absolute Gasteiger partial charge is 0.352 e. The first kappa shape index (κ1) is 23.8. The smallest absolute Gasteiger partial charge is 0.258 e. The van der Waals surface area contributed by atoms with Crippen molar-refractivity contribution in [1.29, 1.82) is 0 Å². The van der Waals surface area contributed by atoms with Crippen molar-refractivity contribution in [2.45, 2.75) is 19.5 Å². The molecule has 5 nitrogen and oxygen atoms in total. The summed E-state index contributed by atoms with van der Waals surface area (Å²) in [6.07, 6.45) is 3.53. The lowest BCUT2D eigenvalue weighted by Crippen LogP contribution is -2.30. The highest BCUT2D eigenvalue weighted by molar-refractivity contribution is 6.06. The van der Waals surface area contributed by atoms with E-state index in [-0.39, 0.29) is 24.4 Å². The SMILES string of the molecule is O=C(Cc1ccc(N(Cc2cccc(F)c2)C(=O)c2cccc(F)c2)cc1)NCc1cccnc1. The maximum atomic E-state index is 13.8. The molecular formula is C28H23F2N3O2. The Bertz CT molecular complexity index is 1310. The summed E-state index contributed by atoms with van der Waals surface area (Å²) < 4.78 is 27.5. The molecule has 176 valence electrons. The molecule has 0 aliphatic rings. The van der Waals surface area contributed by atoms with E-state index >= 15 is 0 Å². The molecule has 4 rings (SSSR count). The third-order valence-electron chi connectivity index (χ3n) is 5.37. The predicted molar refractivity (Wildman–Crippen MR) is 130 cm³/mol. The van der Waals surface area contributed by atoms with E-state index in [1.54, 1.807) is 54.9 Å². The van der Waals surface area contributed by atoms with Crippen LogP contribution in [0.4, 0.5) is 14.5 Å². The Kier molecular flexibility index (Phi) is 7.57. The van der Waals surface area contributed by atoms with Crippen LogP contribution in [-0.4, -0.2) is 16.8 Å². The van der Waals surface area contributed by atoms with Crippen LogP contribution in [0.25, 0.3) is 0 Å². The van der Waals surface area contributed by atoms with Gasteiger partial charge in [-0.1, -0.05) is 36.4 Å². The number of carbonyl (C=O) groups is 2. The number of amides is 2. The van der Waals surface area contributed by atoms with Crippen LogP contribution < -0.4 is 10.2 Å². The molecule has 0 aliphatic carbocycles. The number of aromatic nitrogens is 1. The number of rotatable bonds is 8. The quantitative estimate of drug-likeness (QED) is 0.391. The van der Waals surface area contributed by atoms with Crippen LogP contribution in [0.15, 0.2) is 97.3 Å². The fourth-order valence-electron chi connectivity index (χ4n) is 3.62. The molecule has 0 unspecified atom stereocenters. The number of halogens is 2. The molecule has 0 fully saturated rings. The van der Waals surface area contributed by atoms with E-state index in [1.165, 1.54) is 41.3 Å². The topological polar surface area (TPSA) is 62.3 Å². The number of benzene rings is 3. The lowest BCUT2D eigenvalue weighted by atomic mass is 10.1. The molecule has 7 heteroatoms. The van der Waals surface area contributed by atoms with E-state index in [9.17, 15) is 18.4 Å². The molecule has 4 aromatic rings. The summed E-state index contributed by atoms with van der Waals surface area (Å²) in [6, 6.07) is 22.1. The van der Waals surface area contributed by atoms with E-state index in [1.807, 2.05) is 6.07 Å². The third-order valence-corrected chi connectivity index (χ3v) is 5.37. The van der Waals surface area contributed by atoms with Gasteiger partial charge in [-0.3, -0.25) is 14.6 Å². The lowest BCUT2D eigenvalue weighted by molar-refractivity contribution is -0.120. The van der Waals surface area contributed by atoms with Crippen LogP contribution in [0, 0.1) is 11.6 Å². The Morgan fingerprint density at radius 1 is 0.800 bits per heavy atom. The summed E-state index contributed by atoms with van der Waals surface area (Å²) in [4.78, 5) is 31.1. The molecule has 35 heavy (non-hydrogen) atoms.